The van der Waals surface area contributed by atoms with Gasteiger partial charge in [0.1, 0.15) is 12.1 Å². The van der Waals surface area contributed by atoms with E-state index in [1.807, 2.05) is 0 Å². The molecule has 1 aliphatic carbocycles. The largest absolute Gasteiger partial charge is 0.339 e. The highest BCUT2D eigenvalue weighted by molar-refractivity contribution is 6.08. The molecule has 2 aliphatic heterocycles. The fourth-order valence-corrected chi connectivity index (χ4v) is 3.82. The Kier molecular flexibility index (Phi) is 4.08. The van der Waals surface area contributed by atoms with Gasteiger partial charge >= 0.3 is 6.03 Å². The predicted molar refractivity (Wildman–Crippen MR) is 80.1 cm³/mol. The van der Waals surface area contributed by atoms with Gasteiger partial charge in [0.2, 0.25) is 5.91 Å². The number of carbonyl (C=O) groups excluding carboxylic acids is 3. The van der Waals surface area contributed by atoms with Gasteiger partial charge in [0.25, 0.3) is 5.91 Å². The standard InChI is InChI=1S/C15H24N4O3/c1-17-14(22)19(11-12(20)18-9-7-16-8-10-18)13(21)15(17)5-3-2-4-6-15/h16H,2-11H2,1H3. The number of hydrogen-bond acceptors (Lipinski definition) is 4. The van der Waals surface area contributed by atoms with Crippen molar-refractivity contribution in [3.8, 4) is 0 Å². The van der Waals surface area contributed by atoms with Crippen LogP contribution in [0.5, 0.6) is 0 Å². The van der Waals surface area contributed by atoms with Gasteiger partial charge in [0, 0.05) is 33.2 Å². The van der Waals surface area contributed by atoms with E-state index in [4.69, 9.17) is 0 Å². The Bertz CT molecular complexity index is 481. The lowest BCUT2D eigenvalue weighted by molar-refractivity contribution is -0.140. The van der Waals surface area contributed by atoms with Gasteiger partial charge in [-0.2, -0.15) is 0 Å². The summed E-state index contributed by atoms with van der Waals surface area (Å²) in [6, 6.07) is -0.324. The molecule has 0 aromatic heterocycles. The van der Waals surface area contributed by atoms with E-state index in [1.165, 1.54) is 0 Å². The van der Waals surface area contributed by atoms with Crippen molar-refractivity contribution in [2.75, 3.05) is 39.8 Å². The second-order valence-corrected chi connectivity index (χ2v) is 6.46. The van der Waals surface area contributed by atoms with Crippen molar-refractivity contribution in [2.45, 2.75) is 37.6 Å². The Hall–Kier alpha value is -1.63. The summed E-state index contributed by atoms with van der Waals surface area (Å²) in [5.41, 5.74) is -0.695. The minimum atomic E-state index is -0.695. The van der Waals surface area contributed by atoms with Crippen molar-refractivity contribution >= 4 is 17.8 Å². The molecule has 7 nitrogen and oxygen atoms in total. The Morgan fingerprint density at radius 1 is 1.14 bits per heavy atom. The normalized spacial score (nSPS) is 25.2. The number of urea groups is 1. The first kappa shape index (κ1) is 15.3. The molecule has 0 aromatic carbocycles. The molecule has 0 unspecified atom stereocenters. The van der Waals surface area contributed by atoms with E-state index in [1.54, 1.807) is 16.8 Å². The van der Waals surface area contributed by atoms with E-state index in [0.29, 0.717) is 25.9 Å². The number of nitrogens with zero attached hydrogens (tertiary/aromatic N) is 3. The van der Waals surface area contributed by atoms with Crippen molar-refractivity contribution in [1.29, 1.82) is 0 Å². The maximum absolute atomic E-state index is 12.8. The first-order chi connectivity index (χ1) is 10.6. The highest BCUT2D eigenvalue weighted by Crippen LogP contribution is 2.39. The first-order valence-corrected chi connectivity index (χ1v) is 8.14. The summed E-state index contributed by atoms with van der Waals surface area (Å²) in [6.07, 6.45) is 4.46. The lowest BCUT2D eigenvalue weighted by Crippen LogP contribution is -2.51. The molecule has 2 saturated heterocycles. The highest BCUT2D eigenvalue weighted by Gasteiger charge is 2.55. The molecule has 3 fully saturated rings. The highest BCUT2D eigenvalue weighted by atomic mass is 16.2. The molecular formula is C15H24N4O3. The average molecular weight is 308 g/mol. The molecule has 1 saturated carbocycles. The molecule has 2 heterocycles. The molecule has 3 rings (SSSR count). The molecule has 0 radical (unpaired) electrons. The second-order valence-electron chi connectivity index (χ2n) is 6.46. The molecule has 1 spiro atoms. The van der Waals surface area contributed by atoms with Crippen molar-refractivity contribution in [3.05, 3.63) is 0 Å². The zero-order chi connectivity index (χ0) is 15.7. The number of amides is 4. The zero-order valence-corrected chi connectivity index (χ0v) is 13.1. The van der Waals surface area contributed by atoms with Gasteiger partial charge in [-0.25, -0.2) is 4.79 Å². The number of hydrogen-bond donors (Lipinski definition) is 1. The minimum Gasteiger partial charge on any atom is -0.339 e. The molecular weight excluding hydrogens is 284 g/mol. The summed E-state index contributed by atoms with van der Waals surface area (Å²) in [7, 11) is 1.70. The monoisotopic (exact) mass is 308 g/mol. The third kappa shape index (κ3) is 2.37. The van der Waals surface area contributed by atoms with Crippen LogP contribution in [0.3, 0.4) is 0 Å². The van der Waals surface area contributed by atoms with E-state index in [-0.39, 0.29) is 24.4 Å². The van der Waals surface area contributed by atoms with Gasteiger partial charge in [0.05, 0.1) is 0 Å². The van der Waals surface area contributed by atoms with Crippen molar-refractivity contribution < 1.29 is 14.4 Å². The van der Waals surface area contributed by atoms with E-state index in [0.717, 1.165) is 37.3 Å². The van der Waals surface area contributed by atoms with Crippen LogP contribution < -0.4 is 5.32 Å². The van der Waals surface area contributed by atoms with Gasteiger partial charge in [0.15, 0.2) is 0 Å². The SMILES string of the molecule is CN1C(=O)N(CC(=O)N2CCNCC2)C(=O)C12CCCCC2. The van der Waals surface area contributed by atoms with Gasteiger partial charge < -0.3 is 15.1 Å². The van der Waals surface area contributed by atoms with Crippen LogP contribution in [0.25, 0.3) is 0 Å². The van der Waals surface area contributed by atoms with Gasteiger partial charge in [-0.15, -0.1) is 0 Å². The van der Waals surface area contributed by atoms with Crippen LogP contribution in [0.4, 0.5) is 4.79 Å². The Balaban J connectivity index is 1.72. The Labute approximate surface area is 130 Å². The van der Waals surface area contributed by atoms with Crippen LogP contribution in [-0.4, -0.2) is 77.9 Å². The topological polar surface area (TPSA) is 73.0 Å². The molecule has 3 aliphatic rings. The summed E-state index contributed by atoms with van der Waals surface area (Å²) in [5, 5.41) is 3.18. The van der Waals surface area contributed by atoms with Crippen LogP contribution >= 0.6 is 0 Å². The molecule has 4 amide bonds. The van der Waals surface area contributed by atoms with Crippen LogP contribution in [0.1, 0.15) is 32.1 Å². The van der Waals surface area contributed by atoms with Gasteiger partial charge in [-0.05, 0) is 12.8 Å². The van der Waals surface area contributed by atoms with Crippen LogP contribution in [0, 0.1) is 0 Å². The third-order valence-electron chi connectivity index (χ3n) is 5.25. The summed E-state index contributed by atoms with van der Waals surface area (Å²) < 4.78 is 0. The lowest BCUT2D eigenvalue weighted by atomic mass is 9.81. The maximum Gasteiger partial charge on any atom is 0.327 e. The van der Waals surface area contributed by atoms with E-state index in [9.17, 15) is 14.4 Å². The summed E-state index contributed by atoms with van der Waals surface area (Å²) in [5.74, 6) is -0.312. The summed E-state index contributed by atoms with van der Waals surface area (Å²) in [4.78, 5) is 42.1. The number of nitrogens with one attached hydrogen (secondary N) is 1. The van der Waals surface area contributed by atoms with Crippen molar-refractivity contribution in [3.63, 3.8) is 0 Å². The molecule has 122 valence electrons. The second kappa shape index (κ2) is 5.87. The Morgan fingerprint density at radius 2 is 1.77 bits per heavy atom. The number of rotatable bonds is 2. The average Bonchev–Trinajstić information content (AvgIpc) is 2.73. The smallest absolute Gasteiger partial charge is 0.327 e. The number of piperazine rings is 1. The summed E-state index contributed by atoms with van der Waals surface area (Å²) in [6.45, 7) is 2.67. The number of imide groups is 1. The molecule has 22 heavy (non-hydrogen) atoms. The summed E-state index contributed by atoms with van der Waals surface area (Å²) >= 11 is 0. The number of likely N-dealkylation sites (N-methyl/N-ethyl adjacent to an activating group) is 1. The third-order valence-corrected chi connectivity index (χ3v) is 5.25. The van der Waals surface area contributed by atoms with E-state index in [2.05, 4.69) is 5.32 Å². The Morgan fingerprint density at radius 3 is 2.41 bits per heavy atom. The molecule has 0 aromatic rings. The van der Waals surface area contributed by atoms with Crippen molar-refractivity contribution in [2.24, 2.45) is 0 Å². The number of carbonyl (C=O) groups is 3. The van der Waals surface area contributed by atoms with E-state index < -0.39 is 5.54 Å². The lowest BCUT2D eigenvalue weighted by Gasteiger charge is -2.35. The molecule has 0 atom stereocenters. The molecule has 1 N–H and O–H groups in total. The molecule has 0 bridgehead atoms. The fourth-order valence-electron chi connectivity index (χ4n) is 3.82. The van der Waals surface area contributed by atoms with Crippen LogP contribution in [0.15, 0.2) is 0 Å². The van der Waals surface area contributed by atoms with Gasteiger partial charge in [-0.1, -0.05) is 19.3 Å². The zero-order valence-electron chi connectivity index (χ0n) is 13.1. The maximum atomic E-state index is 12.8. The van der Waals surface area contributed by atoms with Crippen LogP contribution in [0.2, 0.25) is 0 Å². The van der Waals surface area contributed by atoms with Gasteiger partial charge in [-0.3, -0.25) is 14.5 Å². The predicted octanol–water partition coefficient (Wildman–Crippen LogP) is 0.0151. The molecule has 7 heteroatoms. The minimum absolute atomic E-state index is 0.121. The van der Waals surface area contributed by atoms with Crippen LogP contribution in [-0.2, 0) is 9.59 Å². The first-order valence-electron chi connectivity index (χ1n) is 8.14. The van der Waals surface area contributed by atoms with Crippen molar-refractivity contribution in [1.82, 2.24) is 20.0 Å². The quantitative estimate of drug-likeness (QED) is 0.730. The van der Waals surface area contributed by atoms with E-state index >= 15 is 0 Å². The fraction of sp³-hybridized carbons (Fsp3) is 0.800.